The standard InChI is InChI=1S/C15H23N3O3.ClH/c1-11-5-6-12(16)9-13(11)15(20)18(7-8-21-4)10-14(19)17(2)3;/h5-6,9H,7-8,10,16H2,1-4H3;1H. The molecule has 0 heterocycles. The summed E-state index contributed by atoms with van der Waals surface area (Å²) in [6.07, 6.45) is 0. The van der Waals surface area contributed by atoms with Gasteiger partial charge in [-0.05, 0) is 24.6 Å². The van der Waals surface area contributed by atoms with Gasteiger partial charge in [-0.15, -0.1) is 12.4 Å². The van der Waals surface area contributed by atoms with Gasteiger partial charge in [0.25, 0.3) is 5.91 Å². The minimum atomic E-state index is -0.216. The van der Waals surface area contributed by atoms with Gasteiger partial charge in [-0.3, -0.25) is 9.59 Å². The summed E-state index contributed by atoms with van der Waals surface area (Å²) in [7, 11) is 4.88. The topological polar surface area (TPSA) is 75.9 Å². The van der Waals surface area contributed by atoms with Crippen LogP contribution in [0.1, 0.15) is 15.9 Å². The van der Waals surface area contributed by atoms with E-state index in [1.165, 1.54) is 9.80 Å². The van der Waals surface area contributed by atoms with Crippen molar-refractivity contribution in [2.45, 2.75) is 6.92 Å². The number of methoxy groups -OCH3 is 1. The van der Waals surface area contributed by atoms with Gasteiger partial charge >= 0.3 is 0 Å². The lowest BCUT2D eigenvalue weighted by atomic mass is 10.1. The highest BCUT2D eigenvalue weighted by atomic mass is 35.5. The molecule has 0 spiro atoms. The Hall–Kier alpha value is -1.79. The van der Waals surface area contributed by atoms with Crippen LogP contribution in [0.4, 0.5) is 5.69 Å². The third-order valence-corrected chi connectivity index (χ3v) is 3.17. The van der Waals surface area contributed by atoms with E-state index in [1.54, 1.807) is 39.4 Å². The number of nitrogens with zero attached hydrogens (tertiary/aromatic N) is 2. The Labute approximate surface area is 137 Å². The summed E-state index contributed by atoms with van der Waals surface area (Å²) in [6.45, 7) is 2.58. The third kappa shape index (κ3) is 5.54. The number of rotatable bonds is 6. The number of carbonyl (C=O) groups is 2. The molecule has 0 atom stereocenters. The molecule has 0 aromatic heterocycles. The summed E-state index contributed by atoms with van der Waals surface area (Å²) in [5, 5.41) is 0. The zero-order valence-corrected chi connectivity index (χ0v) is 14.3. The van der Waals surface area contributed by atoms with Crippen LogP contribution in [-0.4, -0.2) is 62.5 Å². The van der Waals surface area contributed by atoms with Crippen LogP contribution < -0.4 is 5.73 Å². The van der Waals surface area contributed by atoms with Crippen LogP contribution in [0.5, 0.6) is 0 Å². The van der Waals surface area contributed by atoms with Gasteiger partial charge in [0.1, 0.15) is 6.54 Å². The SMILES string of the molecule is COCCN(CC(=O)N(C)C)C(=O)c1cc(N)ccc1C.Cl. The van der Waals surface area contributed by atoms with E-state index < -0.39 is 0 Å². The number of nitrogens with two attached hydrogens (primary N) is 1. The molecule has 0 aliphatic rings. The number of hydrogen-bond acceptors (Lipinski definition) is 4. The number of hydrogen-bond donors (Lipinski definition) is 1. The van der Waals surface area contributed by atoms with Crippen LogP contribution >= 0.6 is 12.4 Å². The fourth-order valence-electron chi connectivity index (χ4n) is 1.80. The summed E-state index contributed by atoms with van der Waals surface area (Å²) >= 11 is 0. The number of benzene rings is 1. The fourth-order valence-corrected chi connectivity index (χ4v) is 1.80. The highest BCUT2D eigenvalue weighted by molar-refractivity contribution is 5.98. The Morgan fingerprint density at radius 2 is 1.91 bits per heavy atom. The number of amides is 2. The Kier molecular flexibility index (Phi) is 8.52. The molecule has 0 bridgehead atoms. The van der Waals surface area contributed by atoms with Crippen molar-refractivity contribution in [1.82, 2.24) is 9.80 Å². The molecule has 22 heavy (non-hydrogen) atoms. The van der Waals surface area contributed by atoms with Crippen molar-refractivity contribution in [2.75, 3.05) is 46.6 Å². The van der Waals surface area contributed by atoms with Crippen molar-refractivity contribution < 1.29 is 14.3 Å². The van der Waals surface area contributed by atoms with E-state index in [0.29, 0.717) is 24.4 Å². The minimum Gasteiger partial charge on any atom is -0.399 e. The number of ether oxygens (including phenoxy) is 1. The van der Waals surface area contributed by atoms with E-state index in [2.05, 4.69) is 0 Å². The average molecular weight is 330 g/mol. The van der Waals surface area contributed by atoms with Crippen molar-refractivity contribution in [2.24, 2.45) is 0 Å². The molecule has 0 aliphatic carbocycles. The average Bonchev–Trinajstić information content (AvgIpc) is 2.44. The molecule has 0 saturated heterocycles. The van der Waals surface area contributed by atoms with E-state index in [1.807, 2.05) is 6.92 Å². The van der Waals surface area contributed by atoms with Crippen LogP contribution in [0.2, 0.25) is 0 Å². The lowest BCUT2D eigenvalue weighted by molar-refractivity contribution is -0.129. The highest BCUT2D eigenvalue weighted by Crippen LogP contribution is 2.15. The second kappa shape index (κ2) is 9.27. The first-order valence-electron chi connectivity index (χ1n) is 6.71. The molecule has 0 radical (unpaired) electrons. The number of carbonyl (C=O) groups excluding carboxylic acids is 2. The van der Waals surface area contributed by atoms with Gasteiger partial charge in [0.2, 0.25) is 5.91 Å². The Morgan fingerprint density at radius 3 is 2.45 bits per heavy atom. The van der Waals surface area contributed by atoms with E-state index >= 15 is 0 Å². The van der Waals surface area contributed by atoms with Crippen LogP contribution in [0.3, 0.4) is 0 Å². The summed E-state index contributed by atoms with van der Waals surface area (Å²) < 4.78 is 5.01. The Bertz CT molecular complexity index is 521. The largest absolute Gasteiger partial charge is 0.399 e. The van der Waals surface area contributed by atoms with Crippen molar-refractivity contribution in [3.63, 3.8) is 0 Å². The number of halogens is 1. The zero-order valence-electron chi connectivity index (χ0n) is 13.5. The maximum Gasteiger partial charge on any atom is 0.254 e. The molecule has 6 nitrogen and oxygen atoms in total. The molecule has 0 saturated carbocycles. The summed E-state index contributed by atoms with van der Waals surface area (Å²) in [5.74, 6) is -0.354. The van der Waals surface area contributed by atoms with Gasteiger partial charge in [-0.25, -0.2) is 0 Å². The maximum absolute atomic E-state index is 12.6. The molecular formula is C15H24ClN3O3. The number of anilines is 1. The van der Waals surface area contributed by atoms with E-state index in [4.69, 9.17) is 10.5 Å². The van der Waals surface area contributed by atoms with Crippen LogP contribution in [0.15, 0.2) is 18.2 Å². The first kappa shape index (κ1) is 20.2. The van der Waals surface area contributed by atoms with Gasteiger partial charge in [-0.2, -0.15) is 0 Å². The van der Waals surface area contributed by atoms with Crippen molar-refractivity contribution in [3.05, 3.63) is 29.3 Å². The normalized spacial score (nSPS) is 9.82. The molecule has 2 amide bonds. The predicted octanol–water partition coefficient (Wildman–Crippen LogP) is 1.18. The van der Waals surface area contributed by atoms with E-state index in [0.717, 1.165) is 5.56 Å². The van der Waals surface area contributed by atoms with Crippen molar-refractivity contribution in [3.8, 4) is 0 Å². The second-order valence-electron chi connectivity index (χ2n) is 5.08. The first-order chi connectivity index (χ1) is 9.86. The lowest BCUT2D eigenvalue weighted by Gasteiger charge is -2.24. The van der Waals surface area contributed by atoms with E-state index in [9.17, 15) is 9.59 Å². The zero-order chi connectivity index (χ0) is 16.0. The quantitative estimate of drug-likeness (QED) is 0.795. The van der Waals surface area contributed by atoms with Gasteiger partial charge < -0.3 is 20.3 Å². The second-order valence-corrected chi connectivity index (χ2v) is 5.08. The Morgan fingerprint density at radius 1 is 1.27 bits per heavy atom. The fraction of sp³-hybridized carbons (Fsp3) is 0.467. The van der Waals surface area contributed by atoms with Crippen LogP contribution in [0.25, 0.3) is 0 Å². The molecular weight excluding hydrogens is 306 g/mol. The Balaban J connectivity index is 0.00000441. The smallest absolute Gasteiger partial charge is 0.254 e. The van der Waals surface area contributed by atoms with Gasteiger partial charge in [-0.1, -0.05) is 6.07 Å². The summed E-state index contributed by atoms with van der Waals surface area (Å²) in [5.41, 5.74) is 7.61. The highest BCUT2D eigenvalue weighted by Gasteiger charge is 2.21. The number of likely N-dealkylation sites (N-methyl/N-ethyl adjacent to an activating group) is 1. The van der Waals surface area contributed by atoms with Crippen LogP contribution in [0, 0.1) is 6.92 Å². The van der Waals surface area contributed by atoms with E-state index in [-0.39, 0.29) is 30.8 Å². The molecule has 1 aromatic carbocycles. The molecule has 7 heteroatoms. The van der Waals surface area contributed by atoms with Crippen molar-refractivity contribution >= 4 is 29.9 Å². The summed E-state index contributed by atoms with van der Waals surface area (Å²) in [6, 6.07) is 5.18. The minimum absolute atomic E-state index is 0. The third-order valence-electron chi connectivity index (χ3n) is 3.17. The molecule has 1 rings (SSSR count). The maximum atomic E-state index is 12.6. The molecule has 124 valence electrons. The lowest BCUT2D eigenvalue weighted by Crippen LogP contribution is -2.42. The van der Waals surface area contributed by atoms with Gasteiger partial charge in [0.15, 0.2) is 0 Å². The first-order valence-corrected chi connectivity index (χ1v) is 6.71. The van der Waals surface area contributed by atoms with Crippen molar-refractivity contribution in [1.29, 1.82) is 0 Å². The van der Waals surface area contributed by atoms with Gasteiger partial charge in [0.05, 0.1) is 6.61 Å². The van der Waals surface area contributed by atoms with Gasteiger partial charge in [0, 0.05) is 39.0 Å². The molecule has 0 aliphatic heterocycles. The molecule has 0 unspecified atom stereocenters. The molecule has 2 N–H and O–H groups in total. The van der Waals surface area contributed by atoms with Crippen LogP contribution in [-0.2, 0) is 9.53 Å². The molecule has 0 fully saturated rings. The predicted molar refractivity (Wildman–Crippen MR) is 89.3 cm³/mol. The summed E-state index contributed by atoms with van der Waals surface area (Å²) in [4.78, 5) is 27.4. The monoisotopic (exact) mass is 329 g/mol. The molecule has 1 aromatic rings. The number of aryl methyl sites for hydroxylation is 1. The number of nitrogen functional groups attached to an aromatic ring is 1.